The molecule has 6 heteroatoms. The van der Waals surface area contributed by atoms with Crippen molar-refractivity contribution in [3.63, 3.8) is 0 Å². The minimum Gasteiger partial charge on any atom is -0.208 e. The lowest BCUT2D eigenvalue weighted by atomic mass is 10.1. The summed E-state index contributed by atoms with van der Waals surface area (Å²) < 4.78 is 26.7. The third kappa shape index (κ3) is 3.45. The highest BCUT2D eigenvalue weighted by Gasteiger charge is 2.20. The Bertz CT molecular complexity index is 576. The van der Waals surface area contributed by atoms with Gasteiger partial charge in [0.2, 0.25) is 10.0 Å². The van der Waals surface area contributed by atoms with E-state index in [4.69, 9.17) is 16.9 Å². The molecule has 0 aliphatic carbocycles. The highest BCUT2D eigenvalue weighted by molar-refractivity contribution is 7.89. The molecule has 1 aromatic rings. The zero-order chi connectivity index (χ0) is 13.9. The third-order valence-corrected chi connectivity index (χ3v) is 4.58. The van der Waals surface area contributed by atoms with Gasteiger partial charge in [0, 0.05) is 6.04 Å². The number of benzene rings is 1. The van der Waals surface area contributed by atoms with E-state index in [9.17, 15) is 8.42 Å². The molecule has 98 valence electrons. The van der Waals surface area contributed by atoms with Gasteiger partial charge in [-0.05, 0) is 31.0 Å². The number of nitrogens with one attached hydrogen (secondary N) is 1. The fraction of sp³-hybridized carbons (Fsp3) is 0.417. The van der Waals surface area contributed by atoms with Crippen LogP contribution in [0.1, 0.15) is 26.3 Å². The summed E-state index contributed by atoms with van der Waals surface area (Å²) in [5.41, 5.74) is 0.257. The Kier molecular flexibility index (Phi) is 4.74. The Morgan fingerprint density at radius 3 is 2.39 bits per heavy atom. The summed E-state index contributed by atoms with van der Waals surface area (Å²) in [7, 11) is -3.60. The third-order valence-electron chi connectivity index (χ3n) is 2.71. The molecule has 1 rings (SSSR count). The number of nitriles is 1. The first-order valence-corrected chi connectivity index (χ1v) is 7.36. The predicted octanol–water partition coefficient (Wildman–Crippen LogP) is 2.53. The molecule has 0 spiro atoms. The van der Waals surface area contributed by atoms with Crippen LogP contribution in [-0.4, -0.2) is 14.5 Å². The largest absolute Gasteiger partial charge is 0.240 e. The van der Waals surface area contributed by atoms with Gasteiger partial charge in [-0.1, -0.05) is 25.4 Å². The molecule has 1 N–H and O–H groups in total. The number of hydrogen-bond donors (Lipinski definition) is 1. The lowest BCUT2D eigenvalue weighted by Gasteiger charge is -2.17. The van der Waals surface area contributed by atoms with Crippen LogP contribution in [0.25, 0.3) is 0 Å². The molecule has 0 aromatic heterocycles. The van der Waals surface area contributed by atoms with Crippen LogP contribution in [0.2, 0.25) is 5.02 Å². The highest BCUT2D eigenvalue weighted by Crippen LogP contribution is 2.20. The number of nitrogens with zero attached hydrogens (tertiary/aromatic N) is 1. The van der Waals surface area contributed by atoms with E-state index in [1.807, 2.05) is 19.9 Å². The molecule has 0 bridgehead atoms. The van der Waals surface area contributed by atoms with E-state index in [-0.39, 0.29) is 27.4 Å². The van der Waals surface area contributed by atoms with Gasteiger partial charge >= 0.3 is 0 Å². The topological polar surface area (TPSA) is 70.0 Å². The van der Waals surface area contributed by atoms with E-state index in [1.54, 1.807) is 6.92 Å². The fourth-order valence-corrected chi connectivity index (χ4v) is 2.91. The summed E-state index contributed by atoms with van der Waals surface area (Å²) in [6, 6.07) is 5.77. The van der Waals surface area contributed by atoms with Gasteiger partial charge in [0.15, 0.2) is 0 Å². The van der Waals surface area contributed by atoms with Gasteiger partial charge in [0.1, 0.15) is 6.07 Å². The van der Waals surface area contributed by atoms with Crippen LogP contribution in [0.5, 0.6) is 0 Å². The molecule has 4 nitrogen and oxygen atoms in total. The number of halogens is 1. The number of sulfonamides is 1. The van der Waals surface area contributed by atoms with Crippen molar-refractivity contribution < 1.29 is 8.42 Å². The number of hydrogen-bond acceptors (Lipinski definition) is 3. The zero-order valence-corrected chi connectivity index (χ0v) is 12.0. The molecular formula is C12H15ClN2O2S. The Morgan fingerprint density at radius 1 is 1.33 bits per heavy atom. The summed E-state index contributed by atoms with van der Waals surface area (Å²) in [5, 5.41) is 8.87. The first-order chi connectivity index (χ1) is 8.27. The second kappa shape index (κ2) is 5.70. The van der Waals surface area contributed by atoms with E-state index in [1.165, 1.54) is 18.2 Å². The maximum Gasteiger partial charge on any atom is 0.240 e. The van der Waals surface area contributed by atoms with Gasteiger partial charge in [0.05, 0.1) is 15.5 Å². The van der Waals surface area contributed by atoms with Crippen molar-refractivity contribution >= 4 is 21.6 Å². The van der Waals surface area contributed by atoms with Crippen LogP contribution in [0.4, 0.5) is 0 Å². The second-order valence-electron chi connectivity index (χ2n) is 4.41. The Labute approximate surface area is 113 Å². The van der Waals surface area contributed by atoms with Crippen molar-refractivity contribution in [3.05, 3.63) is 28.8 Å². The number of rotatable bonds is 4. The maximum atomic E-state index is 12.0. The van der Waals surface area contributed by atoms with Crippen LogP contribution in [0, 0.1) is 17.2 Å². The van der Waals surface area contributed by atoms with Crippen LogP contribution in [0.15, 0.2) is 23.1 Å². The van der Waals surface area contributed by atoms with Crippen molar-refractivity contribution in [2.75, 3.05) is 0 Å². The lowest BCUT2D eigenvalue weighted by Crippen LogP contribution is -2.36. The van der Waals surface area contributed by atoms with E-state index in [0.717, 1.165) is 0 Å². The van der Waals surface area contributed by atoms with Crippen LogP contribution in [-0.2, 0) is 10.0 Å². The molecule has 1 atom stereocenters. The zero-order valence-electron chi connectivity index (χ0n) is 10.4. The van der Waals surface area contributed by atoms with Gasteiger partial charge in [-0.15, -0.1) is 0 Å². The van der Waals surface area contributed by atoms with Crippen molar-refractivity contribution in [2.24, 2.45) is 5.92 Å². The fourth-order valence-electron chi connectivity index (χ4n) is 1.20. The molecule has 18 heavy (non-hydrogen) atoms. The van der Waals surface area contributed by atoms with Gasteiger partial charge < -0.3 is 0 Å². The quantitative estimate of drug-likeness (QED) is 0.924. The normalized spacial score (nSPS) is 13.3. The second-order valence-corrected chi connectivity index (χ2v) is 6.53. The van der Waals surface area contributed by atoms with Gasteiger partial charge in [-0.2, -0.15) is 5.26 Å². The minimum absolute atomic E-state index is 0.0685. The lowest BCUT2D eigenvalue weighted by molar-refractivity contribution is 0.476. The summed E-state index contributed by atoms with van der Waals surface area (Å²) in [6.45, 7) is 5.66. The van der Waals surface area contributed by atoms with Crippen molar-refractivity contribution in [1.29, 1.82) is 5.26 Å². The molecule has 1 unspecified atom stereocenters. The van der Waals surface area contributed by atoms with E-state index >= 15 is 0 Å². The van der Waals surface area contributed by atoms with E-state index in [2.05, 4.69) is 4.72 Å². The SMILES string of the molecule is CC(C)C(C)NS(=O)(=O)c1ccc(C#N)c(Cl)c1. The van der Waals surface area contributed by atoms with Crippen LogP contribution < -0.4 is 4.72 Å². The molecule has 1 aromatic carbocycles. The van der Waals surface area contributed by atoms with Crippen molar-refractivity contribution in [2.45, 2.75) is 31.7 Å². The van der Waals surface area contributed by atoms with Crippen molar-refractivity contribution in [1.82, 2.24) is 4.72 Å². The molecule has 0 saturated heterocycles. The molecule has 0 aliphatic heterocycles. The predicted molar refractivity (Wildman–Crippen MR) is 70.8 cm³/mol. The first-order valence-electron chi connectivity index (χ1n) is 5.50. The summed E-state index contributed by atoms with van der Waals surface area (Å²) in [6.07, 6.45) is 0. The standard InChI is InChI=1S/C12H15ClN2O2S/c1-8(2)9(3)15-18(16,17)11-5-4-10(7-14)12(13)6-11/h4-6,8-9,15H,1-3H3. The Hall–Kier alpha value is -1.09. The minimum atomic E-state index is -3.60. The summed E-state index contributed by atoms with van der Waals surface area (Å²) in [4.78, 5) is 0.0685. The molecular weight excluding hydrogens is 272 g/mol. The summed E-state index contributed by atoms with van der Waals surface area (Å²) >= 11 is 5.82. The highest BCUT2D eigenvalue weighted by atomic mass is 35.5. The Balaban J connectivity index is 3.07. The van der Waals surface area contributed by atoms with Gasteiger partial charge in [-0.25, -0.2) is 13.1 Å². The van der Waals surface area contributed by atoms with Crippen LogP contribution >= 0.6 is 11.6 Å². The smallest absolute Gasteiger partial charge is 0.208 e. The molecule has 0 saturated carbocycles. The van der Waals surface area contributed by atoms with Gasteiger partial charge in [-0.3, -0.25) is 0 Å². The summed E-state index contributed by atoms with van der Waals surface area (Å²) in [5.74, 6) is 0.189. The molecule has 0 aliphatic rings. The Morgan fingerprint density at radius 2 is 1.94 bits per heavy atom. The average Bonchev–Trinajstić information content (AvgIpc) is 2.28. The maximum absolute atomic E-state index is 12.0. The molecule has 0 heterocycles. The molecule has 0 fully saturated rings. The average molecular weight is 287 g/mol. The monoisotopic (exact) mass is 286 g/mol. The van der Waals surface area contributed by atoms with E-state index < -0.39 is 10.0 Å². The van der Waals surface area contributed by atoms with Gasteiger partial charge in [0.25, 0.3) is 0 Å². The van der Waals surface area contributed by atoms with E-state index in [0.29, 0.717) is 0 Å². The van der Waals surface area contributed by atoms with Crippen LogP contribution in [0.3, 0.4) is 0 Å². The molecule has 0 amide bonds. The molecule has 0 radical (unpaired) electrons. The van der Waals surface area contributed by atoms with Crippen molar-refractivity contribution in [3.8, 4) is 6.07 Å². The first kappa shape index (κ1) is 15.0.